The SMILES string of the molecule is CNC1C(=O)N(Cc2ncon2)CCc2ccsc21. The Kier molecular flexibility index (Phi) is 3.31. The molecule has 1 aliphatic rings. The smallest absolute Gasteiger partial charge is 0.245 e. The Hall–Kier alpha value is -1.73. The first kappa shape index (κ1) is 12.3. The molecule has 0 radical (unpaired) electrons. The topological polar surface area (TPSA) is 71.3 Å². The van der Waals surface area contributed by atoms with Crippen LogP contribution in [0.4, 0.5) is 0 Å². The van der Waals surface area contributed by atoms with Gasteiger partial charge in [0.2, 0.25) is 12.3 Å². The third-order valence-corrected chi connectivity index (χ3v) is 4.30. The minimum atomic E-state index is -0.274. The van der Waals surface area contributed by atoms with Crippen LogP contribution in [-0.4, -0.2) is 34.5 Å². The predicted octanol–water partition coefficient (Wildman–Crippen LogP) is 0.976. The standard InChI is InChI=1S/C12H14N4O2S/c1-13-10-11-8(3-5-19-11)2-4-16(12(10)17)6-9-14-7-18-15-9/h3,5,7,10,13H,2,4,6H2,1H3. The maximum Gasteiger partial charge on any atom is 0.245 e. The van der Waals surface area contributed by atoms with E-state index in [0.29, 0.717) is 18.9 Å². The lowest BCUT2D eigenvalue weighted by atomic mass is 10.1. The highest BCUT2D eigenvalue weighted by Gasteiger charge is 2.31. The van der Waals surface area contributed by atoms with Crippen LogP contribution in [-0.2, 0) is 17.8 Å². The summed E-state index contributed by atoms with van der Waals surface area (Å²) in [6.07, 6.45) is 2.14. The fourth-order valence-corrected chi connectivity index (χ4v) is 3.37. The Balaban J connectivity index is 1.85. The largest absolute Gasteiger partial charge is 0.343 e. The highest BCUT2D eigenvalue weighted by atomic mass is 32.1. The first-order valence-electron chi connectivity index (χ1n) is 6.07. The molecule has 0 saturated carbocycles. The number of thiophene rings is 1. The molecule has 1 amide bonds. The molecule has 1 N–H and O–H groups in total. The summed E-state index contributed by atoms with van der Waals surface area (Å²) in [5, 5.41) is 8.90. The van der Waals surface area contributed by atoms with Crippen molar-refractivity contribution in [3.05, 3.63) is 34.1 Å². The zero-order valence-corrected chi connectivity index (χ0v) is 11.3. The molecule has 0 aromatic carbocycles. The maximum absolute atomic E-state index is 12.5. The van der Waals surface area contributed by atoms with E-state index < -0.39 is 0 Å². The summed E-state index contributed by atoms with van der Waals surface area (Å²) < 4.78 is 4.71. The van der Waals surface area contributed by atoms with Crippen LogP contribution in [0.3, 0.4) is 0 Å². The molecule has 100 valence electrons. The van der Waals surface area contributed by atoms with Crippen molar-refractivity contribution in [3.63, 3.8) is 0 Å². The molecule has 0 fully saturated rings. The molecule has 1 unspecified atom stereocenters. The summed E-state index contributed by atoms with van der Waals surface area (Å²) in [4.78, 5) is 19.4. The summed E-state index contributed by atoms with van der Waals surface area (Å²) in [5.41, 5.74) is 1.24. The summed E-state index contributed by atoms with van der Waals surface area (Å²) in [6, 6.07) is 1.82. The van der Waals surface area contributed by atoms with E-state index in [1.54, 1.807) is 16.2 Å². The van der Waals surface area contributed by atoms with Crippen LogP contribution in [0, 0.1) is 0 Å². The molecule has 2 aromatic rings. The zero-order chi connectivity index (χ0) is 13.2. The molecule has 6 nitrogen and oxygen atoms in total. The number of nitrogens with zero attached hydrogens (tertiary/aromatic N) is 3. The number of carbonyl (C=O) groups excluding carboxylic acids is 1. The number of fused-ring (bicyclic) bond motifs is 1. The average molecular weight is 278 g/mol. The van der Waals surface area contributed by atoms with E-state index in [1.165, 1.54) is 12.0 Å². The van der Waals surface area contributed by atoms with Gasteiger partial charge < -0.3 is 14.7 Å². The van der Waals surface area contributed by atoms with Crippen molar-refractivity contribution in [2.24, 2.45) is 0 Å². The van der Waals surface area contributed by atoms with Crippen LogP contribution in [0.2, 0.25) is 0 Å². The molecular weight excluding hydrogens is 264 g/mol. The number of carbonyl (C=O) groups is 1. The van der Waals surface area contributed by atoms with Crippen molar-refractivity contribution >= 4 is 17.2 Å². The van der Waals surface area contributed by atoms with Gasteiger partial charge in [0.05, 0.1) is 6.54 Å². The van der Waals surface area contributed by atoms with Crippen LogP contribution in [0.1, 0.15) is 22.3 Å². The monoisotopic (exact) mass is 278 g/mol. The van der Waals surface area contributed by atoms with Gasteiger partial charge in [-0.15, -0.1) is 11.3 Å². The highest BCUT2D eigenvalue weighted by molar-refractivity contribution is 7.10. The predicted molar refractivity (Wildman–Crippen MR) is 69.5 cm³/mol. The van der Waals surface area contributed by atoms with E-state index in [1.807, 2.05) is 12.4 Å². The first-order chi connectivity index (χ1) is 9.29. The number of aromatic nitrogens is 2. The lowest BCUT2D eigenvalue weighted by Crippen LogP contribution is -2.38. The molecule has 0 aliphatic carbocycles. The minimum Gasteiger partial charge on any atom is -0.343 e. The minimum absolute atomic E-state index is 0.0634. The van der Waals surface area contributed by atoms with Crippen molar-refractivity contribution in [1.82, 2.24) is 20.4 Å². The van der Waals surface area contributed by atoms with Gasteiger partial charge in [0.1, 0.15) is 6.04 Å². The van der Waals surface area contributed by atoms with Crippen LogP contribution in [0.5, 0.6) is 0 Å². The highest BCUT2D eigenvalue weighted by Crippen LogP contribution is 2.29. The second-order valence-electron chi connectivity index (χ2n) is 4.39. The van der Waals surface area contributed by atoms with E-state index >= 15 is 0 Å². The number of hydrogen-bond acceptors (Lipinski definition) is 6. The van der Waals surface area contributed by atoms with Gasteiger partial charge in [-0.3, -0.25) is 4.79 Å². The number of rotatable bonds is 3. The van der Waals surface area contributed by atoms with E-state index in [9.17, 15) is 4.79 Å². The number of hydrogen-bond donors (Lipinski definition) is 1. The quantitative estimate of drug-likeness (QED) is 0.906. The molecular formula is C12H14N4O2S. The van der Waals surface area contributed by atoms with Gasteiger partial charge in [0.15, 0.2) is 5.82 Å². The van der Waals surface area contributed by atoms with Crippen molar-refractivity contribution in [2.45, 2.75) is 19.0 Å². The molecule has 3 heterocycles. The number of nitrogens with one attached hydrogen (secondary N) is 1. The first-order valence-corrected chi connectivity index (χ1v) is 6.95. The summed E-state index contributed by atoms with van der Waals surface area (Å²) in [6.45, 7) is 1.07. The van der Waals surface area contributed by atoms with E-state index in [2.05, 4.69) is 21.5 Å². The second-order valence-corrected chi connectivity index (χ2v) is 5.34. The van der Waals surface area contributed by atoms with Gasteiger partial charge in [-0.25, -0.2) is 0 Å². The molecule has 3 rings (SSSR count). The number of amides is 1. The van der Waals surface area contributed by atoms with Gasteiger partial charge in [-0.05, 0) is 30.5 Å². The molecule has 19 heavy (non-hydrogen) atoms. The van der Waals surface area contributed by atoms with Gasteiger partial charge >= 0.3 is 0 Å². The van der Waals surface area contributed by atoms with Gasteiger partial charge in [-0.1, -0.05) is 5.16 Å². The third-order valence-electron chi connectivity index (χ3n) is 3.28. The zero-order valence-electron chi connectivity index (χ0n) is 10.5. The maximum atomic E-state index is 12.5. The molecule has 0 spiro atoms. The fourth-order valence-electron chi connectivity index (χ4n) is 2.31. The van der Waals surface area contributed by atoms with Gasteiger partial charge in [0.25, 0.3) is 0 Å². The molecule has 1 atom stereocenters. The average Bonchev–Trinajstić information content (AvgIpc) is 3.04. The Labute approximate surface area is 114 Å². The molecule has 1 aliphatic heterocycles. The fraction of sp³-hybridized carbons (Fsp3) is 0.417. The normalized spacial score (nSPS) is 19.3. The summed E-state index contributed by atoms with van der Waals surface area (Å²) >= 11 is 1.63. The lowest BCUT2D eigenvalue weighted by molar-refractivity contribution is -0.133. The molecule has 7 heteroatoms. The van der Waals surface area contributed by atoms with Crippen molar-refractivity contribution in [2.75, 3.05) is 13.6 Å². The van der Waals surface area contributed by atoms with Crippen molar-refractivity contribution < 1.29 is 9.32 Å². The van der Waals surface area contributed by atoms with Crippen LogP contribution in [0.15, 0.2) is 22.4 Å². The molecule has 2 aromatic heterocycles. The van der Waals surface area contributed by atoms with Gasteiger partial charge in [-0.2, -0.15) is 4.98 Å². The third kappa shape index (κ3) is 2.26. The van der Waals surface area contributed by atoms with Crippen molar-refractivity contribution in [1.29, 1.82) is 0 Å². The Morgan fingerprint density at radius 1 is 1.63 bits per heavy atom. The summed E-state index contributed by atoms with van der Waals surface area (Å²) in [7, 11) is 1.81. The summed E-state index contributed by atoms with van der Waals surface area (Å²) in [5.74, 6) is 0.599. The Morgan fingerprint density at radius 2 is 2.53 bits per heavy atom. The Bertz CT molecular complexity index is 566. The van der Waals surface area contributed by atoms with Crippen LogP contribution >= 0.6 is 11.3 Å². The molecule has 0 bridgehead atoms. The lowest BCUT2D eigenvalue weighted by Gasteiger charge is -2.22. The van der Waals surface area contributed by atoms with Crippen molar-refractivity contribution in [3.8, 4) is 0 Å². The molecule has 0 saturated heterocycles. The van der Waals surface area contributed by atoms with E-state index in [4.69, 9.17) is 4.52 Å². The second kappa shape index (κ2) is 5.10. The van der Waals surface area contributed by atoms with Crippen LogP contribution in [0.25, 0.3) is 0 Å². The van der Waals surface area contributed by atoms with E-state index in [0.717, 1.165) is 11.3 Å². The number of likely N-dealkylation sites (N-methyl/N-ethyl adjacent to an activating group) is 1. The van der Waals surface area contributed by atoms with E-state index in [-0.39, 0.29) is 11.9 Å². The van der Waals surface area contributed by atoms with Gasteiger partial charge in [0, 0.05) is 11.4 Å². The van der Waals surface area contributed by atoms with Crippen LogP contribution < -0.4 is 5.32 Å². The Morgan fingerprint density at radius 3 is 3.26 bits per heavy atom.